The van der Waals surface area contributed by atoms with Crippen LogP contribution in [0.3, 0.4) is 0 Å². The van der Waals surface area contributed by atoms with Gasteiger partial charge in [-0.15, -0.1) is 0 Å². The molecule has 1 aliphatic carbocycles. The Hall–Kier alpha value is -1.38. The van der Waals surface area contributed by atoms with Crippen molar-refractivity contribution >= 4 is 11.4 Å². The summed E-state index contributed by atoms with van der Waals surface area (Å²) in [4.78, 5) is 0. The first-order valence-corrected chi connectivity index (χ1v) is 5.38. The van der Waals surface area contributed by atoms with Crippen molar-refractivity contribution in [1.29, 1.82) is 0 Å². The highest BCUT2D eigenvalue weighted by molar-refractivity contribution is 5.68. The van der Waals surface area contributed by atoms with E-state index in [1.54, 1.807) is 7.11 Å². The van der Waals surface area contributed by atoms with Crippen molar-refractivity contribution in [1.82, 2.24) is 0 Å². The van der Waals surface area contributed by atoms with Crippen LogP contribution in [0, 0.1) is 11.8 Å². The van der Waals surface area contributed by atoms with Gasteiger partial charge in [0.05, 0.1) is 18.5 Å². The number of anilines is 2. The molecule has 0 aliphatic heterocycles. The number of nitrogens with one attached hydrogen (secondary N) is 1. The van der Waals surface area contributed by atoms with E-state index < -0.39 is 0 Å². The number of hydrogen-bond donors (Lipinski definition) is 2. The first kappa shape index (κ1) is 10.1. The summed E-state index contributed by atoms with van der Waals surface area (Å²) in [5, 5.41) is 3.38. The second kappa shape index (κ2) is 4.01. The van der Waals surface area contributed by atoms with Crippen LogP contribution in [0.15, 0.2) is 18.2 Å². The molecule has 0 radical (unpaired) electrons. The zero-order valence-electron chi connectivity index (χ0n) is 9.29. The average molecular weight is 206 g/mol. The van der Waals surface area contributed by atoms with Crippen molar-refractivity contribution in [3.8, 4) is 5.75 Å². The van der Waals surface area contributed by atoms with Crippen molar-refractivity contribution in [2.24, 2.45) is 11.8 Å². The summed E-state index contributed by atoms with van der Waals surface area (Å²) in [5.41, 5.74) is 7.66. The second-order valence-corrected chi connectivity index (χ2v) is 4.31. The lowest BCUT2D eigenvalue weighted by Gasteiger charge is -2.10. The van der Waals surface area contributed by atoms with Gasteiger partial charge < -0.3 is 15.8 Å². The third-order valence-corrected chi connectivity index (χ3v) is 3.09. The Kier molecular flexibility index (Phi) is 2.71. The third kappa shape index (κ3) is 2.35. The molecule has 1 aromatic carbocycles. The number of hydrogen-bond acceptors (Lipinski definition) is 3. The Morgan fingerprint density at radius 2 is 2.27 bits per heavy atom. The average Bonchev–Trinajstić information content (AvgIpc) is 2.93. The number of nitrogens with two attached hydrogens (primary N) is 1. The first-order chi connectivity index (χ1) is 7.20. The summed E-state index contributed by atoms with van der Waals surface area (Å²) in [6, 6.07) is 5.74. The van der Waals surface area contributed by atoms with Crippen LogP contribution in [0.2, 0.25) is 0 Å². The standard InChI is InChI=1S/C12H18N2O/c1-8-5-9(8)7-14-12-4-3-10(15-2)6-11(12)13/h3-4,6,8-9,14H,5,7,13H2,1-2H3. The lowest BCUT2D eigenvalue weighted by atomic mass is 10.2. The summed E-state index contributed by atoms with van der Waals surface area (Å²) >= 11 is 0. The topological polar surface area (TPSA) is 47.3 Å². The summed E-state index contributed by atoms with van der Waals surface area (Å²) < 4.78 is 5.10. The van der Waals surface area contributed by atoms with Crippen molar-refractivity contribution in [3.63, 3.8) is 0 Å². The van der Waals surface area contributed by atoms with E-state index in [0.717, 1.165) is 35.5 Å². The molecule has 0 saturated heterocycles. The molecule has 1 aliphatic rings. The molecule has 15 heavy (non-hydrogen) atoms. The van der Waals surface area contributed by atoms with E-state index in [0.29, 0.717) is 0 Å². The van der Waals surface area contributed by atoms with Crippen LogP contribution in [-0.2, 0) is 0 Å². The highest BCUT2D eigenvalue weighted by atomic mass is 16.5. The Bertz CT molecular complexity index is 351. The Morgan fingerprint density at radius 3 is 2.80 bits per heavy atom. The number of rotatable bonds is 4. The third-order valence-electron chi connectivity index (χ3n) is 3.09. The number of ether oxygens (including phenoxy) is 1. The van der Waals surface area contributed by atoms with Gasteiger partial charge in [0.1, 0.15) is 5.75 Å². The molecule has 1 saturated carbocycles. The summed E-state index contributed by atoms with van der Waals surface area (Å²) in [7, 11) is 1.65. The second-order valence-electron chi connectivity index (χ2n) is 4.31. The van der Waals surface area contributed by atoms with E-state index in [-0.39, 0.29) is 0 Å². The summed E-state index contributed by atoms with van der Waals surface area (Å²) in [5.74, 6) is 2.50. The maximum atomic E-state index is 5.90. The number of methoxy groups -OCH3 is 1. The molecule has 0 aromatic heterocycles. The maximum absolute atomic E-state index is 5.90. The molecule has 0 bridgehead atoms. The molecule has 0 spiro atoms. The lowest BCUT2D eigenvalue weighted by Crippen LogP contribution is -2.06. The van der Waals surface area contributed by atoms with Gasteiger partial charge >= 0.3 is 0 Å². The van der Waals surface area contributed by atoms with Crippen LogP contribution in [0.25, 0.3) is 0 Å². The van der Waals surface area contributed by atoms with Gasteiger partial charge in [0.25, 0.3) is 0 Å². The van der Waals surface area contributed by atoms with Crippen LogP contribution in [0.4, 0.5) is 11.4 Å². The van der Waals surface area contributed by atoms with E-state index in [1.165, 1.54) is 6.42 Å². The van der Waals surface area contributed by atoms with Crippen LogP contribution in [0.1, 0.15) is 13.3 Å². The molecule has 2 unspecified atom stereocenters. The fourth-order valence-electron chi connectivity index (χ4n) is 1.75. The number of benzene rings is 1. The fourth-order valence-corrected chi connectivity index (χ4v) is 1.75. The van der Waals surface area contributed by atoms with Crippen LogP contribution < -0.4 is 15.8 Å². The monoisotopic (exact) mass is 206 g/mol. The van der Waals surface area contributed by atoms with Crippen LogP contribution >= 0.6 is 0 Å². The smallest absolute Gasteiger partial charge is 0.121 e. The molecule has 0 amide bonds. The van der Waals surface area contributed by atoms with Gasteiger partial charge in [-0.2, -0.15) is 0 Å². The normalized spacial score (nSPS) is 23.6. The van der Waals surface area contributed by atoms with Gasteiger partial charge in [-0.25, -0.2) is 0 Å². The molecule has 3 N–H and O–H groups in total. The van der Waals surface area contributed by atoms with Crippen LogP contribution in [-0.4, -0.2) is 13.7 Å². The molecule has 0 heterocycles. The molecule has 82 valence electrons. The lowest BCUT2D eigenvalue weighted by molar-refractivity contribution is 0.415. The van der Waals surface area contributed by atoms with E-state index in [9.17, 15) is 0 Å². The largest absolute Gasteiger partial charge is 0.497 e. The van der Waals surface area contributed by atoms with Crippen molar-refractivity contribution in [2.75, 3.05) is 24.7 Å². The molecule has 1 fully saturated rings. The minimum Gasteiger partial charge on any atom is -0.497 e. The number of nitrogen functional groups attached to an aromatic ring is 1. The molecule has 2 atom stereocenters. The minimum atomic E-state index is 0.752. The minimum absolute atomic E-state index is 0.752. The Labute approximate surface area is 90.6 Å². The van der Waals surface area contributed by atoms with E-state index in [2.05, 4.69) is 12.2 Å². The highest BCUT2D eigenvalue weighted by Gasteiger charge is 2.31. The quantitative estimate of drug-likeness (QED) is 0.743. The molecular weight excluding hydrogens is 188 g/mol. The Morgan fingerprint density at radius 1 is 1.53 bits per heavy atom. The van der Waals surface area contributed by atoms with Crippen molar-refractivity contribution in [2.45, 2.75) is 13.3 Å². The van der Waals surface area contributed by atoms with E-state index in [1.807, 2.05) is 18.2 Å². The molecule has 2 rings (SSSR count). The van der Waals surface area contributed by atoms with Gasteiger partial charge in [-0.1, -0.05) is 6.92 Å². The fraction of sp³-hybridized carbons (Fsp3) is 0.500. The van der Waals surface area contributed by atoms with E-state index >= 15 is 0 Å². The predicted octanol–water partition coefficient (Wildman–Crippen LogP) is 2.35. The summed E-state index contributed by atoms with van der Waals surface area (Å²) in [6.45, 7) is 3.31. The molecule has 3 nitrogen and oxygen atoms in total. The van der Waals surface area contributed by atoms with E-state index in [4.69, 9.17) is 10.5 Å². The van der Waals surface area contributed by atoms with Gasteiger partial charge in [0.2, 0.25) is 0 Å². The Balaban J connectivity index is 1.95. The van der Waals surface area contributed by atoms with Gasteiger partial charge in [-0.3, -0.25) is 0 Å². The zero-order chi connectivity index (χ0) is 10.8. The molecule has 1 aromatic rings. The molecule has 3 heteroatoms. The maximum Gasteiger partial charge on any atom is 0.121 e. The molecular formula is C12H18N2O. The predicted molar refractivity (Wildman–Crippen MR) is 63.2 cm³/mol. The SMILES string of the molecule is COc1ccc(NCC2CC2C)c(N)c1. The van der Waals surface area contributed by atoms with Gasteiger partial charge in [0.15, 0.2) is 0 Å². The van der Waals surface area contributed by atoms with Gasteiger partial charge in [0, 0.05) is 12.6 Å². The van der Waals surface area contributed by atoms with Gasteiger partial charge in [-0.05, 0) is 30.4 Å². The van der Waals surface area contributed by atoms with Crippen LogP contribution in [0.5, 0.6) is 5.75 Å². The van der Waals surface area contributed by atoms with Crippen molar-refractivity contribution in [3.05, 3.63) is 18.2 Å². The zero-order valence-corrected chi connectivity index (χ0v) is 9.29. The highest BCUT2D eigenvalue weighted by Crippen LogP contribution is 2.38. The first-order valence-electron chi connectivity index (χ1n) is 5.38. The summed E-state index contributed by atoms with van der Waals surface area (Å²) in [6.07, 6.45) is 1.34. The van der Waals surface area contributed by atoms with Crippen molar-refractivity contribution < 1.29 is 4.74 Å².